The lowest BCUT2D eigenvalue weighted by molar-refractivity contribution is -0.152. The largest absolute Gasteiger partial charge is 0.467 e. The van der Waals surface area contributed by atoms with Crippen LogP contribution >= 0.6 is 0 Å². The summed E-state index contributed by atoms with van der Waals surface area (Å²) >= 11 is 0. The average molecular weight is 273 g/mol. The van der Waals surface area contributed by atoms with E-state index in [0.717, 1.165) is 0 Å². The fraction of sp³-hybridized carbons (Fsp3) is 0.769. The Labute approximate surface area is 113 Å². The molecule has 19 heavy (non-hydrogen) atoms. The molecule has 0 unspecified atom stereocenters. The molecule has 0 saturated heterocycles. The summed E-state index contributed by atoms with van der Waals surface area (Å²) in [6.45, 7) is 8.57. The van der Waals surface area contributed by atoms with Crippen molar-refractivity contribution in [2.45, 2.75) is 52.2 Å². The maximum atomic E-state index is 11.9. The van der Waals surface area contributed by atoms with Gasteiger partial charge in [-0.15, -0.1) is 0 Å². The first-order valence-corrected chi connectivity index (χ1v) is 6.12. The number of ether oxygens (including phenoxy) is 2. The summed E-state index contributed by atoms with van der Waals surface area (Å²) in [5.74, 6) is -0.988. The number of rotatable bonds is 5. The summed E-state index contributed by atoms with van der Waals surface area (Å²) < 4.78 is 9.80. The summed E-state index contributed by atoms with van der Waals surface area (Å²) in [6, 6.07) is 0. The van der Waals surface area contributed by atoms with E-state index in [-0.39, 0.29) is 12.3 Å². The first-order valence-electron chi connectivity index (χ1n) is 6.12. The van der Waals surface area contributed by atoms with Gasteiger partial charge in [0, 0.05) is 6.42 Å². The normalized spacial score (nSPS) is 14.5. The van der Waals surface area contributed by atoms with Gasteiger partial charge in [0.2, 0.25) is 0 Å². The highest BCUT2D eigenvalue weighted by Crippen LogP contribution is 2.23. The summed E-state index contributed by atoms with van der Waals surface area (Å²) in [5.41, 5.74) is -2.09. The Kier molecular flexibility index (Phi) is 5.99. The van der Waals surface area contributed by atoms with Gasteiger partial charge in [0.1, 0.15) is 17.4 Å². The Morgan fingerprint density at radius 2 is 1.79 bits per heavy atom. The van der Waals surface area contributed by atoms with Crippen molar-refractivity contribution in [1.29, 1.82) is 0 Å². The molecule has 0 aromatic carbocycles. The summed E-state index contributed by atoms with van der Waals surface area (Å²) in [7, 11) is 1.21. The van der Waals surface area contributed by atoms with Gasteiger partial charge in [0.15, 0.2) is 0 Å². The van der Waals surface area contributed by atoms with E-state index in [9.17, 15) is 14.4 Å². The highest BCUT2D eigenvalue weighted by atomic mass is 16.6. The molecule has 6 nitrogen and oxygen atoms in total. The maximum absolute atomic E-state index is 11.9. The first-order chi connectivity index (χ1) is 8.59. The number of esters is 1. The highest BCUT2D eigenvalue weighted by molar-refractivity contribution is 5.88. The third kappa shape index (κ3) is 4.89. The van der Waals surface area contributed by atoms with Gasteiger partial charge in [0.05, 0.1) is 7.11 Å². The van der Waals surface area contributed by atoms with E-state index in [2.05, 4.69) is 5.32 Å². The predicted molar refractivity (Wildman–Crippen MR) is 69.6 cm³/mol. The summed E-state index contributed by atoms with van der Waals surface area (Å²) in [4.78, 5) is 34.5. The third-order valence-corrected chi connectivity index (χ3v) is 2.66. The van der Waals surface area contributed by atoms with Crippen LogP contribution in [0.3, 0.4) is 0 Å². The molecule has 0 heterocycles. The minimum atomic E-state index is -1.40. The van der Waals surface area contributed by atoms with E-state index < -0.39 is 23.2 Å². The molecule has 110 valence electrons. The van der Waals surface area contributed by atoms with Crippen molar-refractivity contribution in [1.82, 2.24) is 5.32 Å². The van der Waals surface area contributed by atoms with Gasteiger partial charge in [-0.2, -0.15) is 0 Å². The molecule has 0 aromatic heterocycles. The monoisotopic (exact) mass is 273 g/mol. The molecule has 0 bridgehead atoms. The predicted octanol–water partition coefficient (Wildman–Crippen LogP) is 1.67. The second-order valence-corrected chi connectivity index (χ2v) is 5.62. The van der Waals surface area contributed by atoms with Crippen LogP contribution in [0.5, 0.6) is 0 Å². The lowest BCUT2D eigenvalue weighted by atomic mass is 9.83. The SMILES string of the molecule is COC(=O)[C@](CC=O)(NC(=O)OC(C)(C)C)C(C)C. The Balaban J connectivity index is 5.20. The molecule has 1 amide bonds. The van der Waals surface area contributed by atoms with Crippen molar-refractivity contribution in [2.24, 2.45) is 5.92 Å². The van der Waals surface area contributed by atoms with Crippen LogP contribution in [0.2, 0.25) is 0 Å². The molecular formula is C13H23NO5. The minimum absolute atomic E-state index is 0.170. The van der Waals surface area contributed by atoms with Crippen molar-refractivity contribution in [3.05, 3.63) is 0 Å². The zero-order valence-corrected chi connectivity index (χ0v) is 12.4. The summed E-state index contributed by atoms with van der Waals surface area (Å²) in [6.07, 6.45) is -0.348. The molecule has 1 N–H and O–H groups in total. The van der Waals surface area contributed by atoms with E-state index in [4.69, 9.17) is 9.47 Å². The number of nitrogens with one attached hydrogen (secondary N) is 1. The topological polar surface area (TPSA) is 81.7 Å². The number of carbonyl (C=O) groups excluding carboxylic acids is 3. The quantitative estimate of drug-likeness (QED) is 0.608. The van der Waals surface area contributed by atoms with Crippen LogP contribution in [0.25, 0.3) is 0 Å². The van der Waals surface area contributed by atoms with Crippen molar-refractivity contribution in [3.63, 3.8) is 0 Å². The second kappa shape index (κ2) is 6.54. The van der Waals surface area contributed by atoms with Crippen molar-refractivity contribution >= 4 is 18.3 Å². The van der Waals surface area contributed by atoms with Crippen LogP contribution in [-0.2, 0) is 19.1 Å². The Bertz CT molecular complexity index is 345. The van der Waals surface area contributed by atoms with Crippen molar-refractivity contribution in [3.8, 4) is 0 Å². The molecule has 0 aliphatic rings. The van der Waals surface area contributed by atoms with Crippen LogP contribution in [0.15, 0.2) is 0 Å². The van der Waals surface area contributed by atoms with Crippen LogP contribution in [0, 0.1) is 5.92 Å². The molecule has 0 aliphatic carbocycles. The smallest absolute Gasteiger partial charge is 0.408 e. The van der Waals surface area contributed by atoms with Crippen molar-refractivity contribution in [2.75, 3.05) is 7.11 Å². The number of aldehydes is 1. The van der Waals surface area contributed by atoms with Crippen LogP contribution in [0.1, 0.15) is 41.0 Å². The molecule has 0 fully saturated rings. The molecule has 0 spiro atoms. The van der Waals surface area contributed by atoms with Crippen molar-refractivity contribution < 1.29 is 23.9 Å². The van der Waals surface area contributed by atoms with Gasteiger partial charge < -0.3 is 19.6 Å². The first kappa shape index (κ1) is 17.4. The molecule has 0 radical (unpaired) electrons. The van der Waals surface area contributed by atoms with Crippen LogP contribution in [0.4, 0.5) is 4.79 Å². The Morgan fingerprint density at radius 1 is 1.26 bits per heavy atom. The van der Waals surface area contributed by atoms with E-state index in [1.54, 1.807) is 34.6 Å². The number of alkyl carbamates (subject to hydrolysis) is 1. The molecule has 0 aromatic rings. The number of carbonyl (C=O) groups is 3. The molecule has 0 rings (SSSR count). The molecule has 0 saturated carbocycles. The average Bonchev–Trinajstić information content (AvgIpc) is 2.24. The number of methoxy groups -OCH3 is 1. The Hall–Kier alpha value is -1.59. The van der Waals surface area contributed by atoms with E-state index in [1.807, 2.05) is 0 Å². The van der Waals surface area contributed by atoms with Crippen LogP contribution in [-0.4, -0.2) is 36.6 Å². The molecular weight excluding hydrogens is 250 g/mol. The Morgan fingerprint density at radius 3 is 2.11 bits per heavy atom. The van der Waals surface area contributed by atoms with Gasteiger partial charge in [0.25, 0.3) is 0 Å². The third-order valence-electron chi connectivity index (χ3n) is 2.66. The lowest BCUT2D eigenvalue weighted by Gasteiger charge is -2.34. The molecule has 6 heteroatoms. The van der Waals surface area contributed by atoms with E-state index in [0.29, 0.717) is 6.29 Å². The van der Waals surface area contributed by atoms with Crippen LogP contribution < -0.4 is 5.32 Å². The van der Waals surface area contributed by atoms with Gasteiger partial charge in [-0.1, -0.05) is 13.8 Å². The van der Waals surface area contributed by atoms with Gasteiger partial charge in [-0.25, -0.2) is 9.59 Å². The number of amides is 1. The van der Waals surface area contributed by atoms with Gasteiger partial charge in [-0.3, -0.25) is 0 Å². The fourth-order valence-corrected chi connectivity index (χ4v) is 1.60. The van der Waals surface area contributed by atoms with Gasteiger partial charge >= 0.3 is 12.1 Å². The number of hydrogen-bond acceptors (Lipinski definition) is 5. The second-order valence-electron chi connectivity index (χ2n) is 5.62. The standard InChI is InChI=1S/C13H23NO5/c1-9(2)13(7-8-15,10(16)18-6)14-11(17)19-12(3,4)5/h8-9H,7H2,1-6H3,(H,14,17)/t13-/m1/s1. The zero-order chi connectivity index (χ0) is 15.3. The molecule has 1 atom stereocenters. The minimum Gasteiger partial charge on any atom is -0.467 e. The van der Waals surface area contributed by atoms with Gasteiger partial charge in [-0.05, 0) is 26.7 Å². The zero-order valence-electron chi connectivity index (χ0n) is 12.4. The summed E-state index contributed by atoms with van der Waals surface area (Å²) in [5, 5.41) is 2.47. The lowest BCUT2D eigenvalue weighted by Crippen LogP contribution is -2.59. The fourth-order valence-electron chi connectivity index (χ4n) is 1.60. The number of hydrogen-bond donors (Lipinski definition) is 1. The highest BCUT2D eigenvalue weighted by Gasteiger charge is 2.44. The van der Waals surface area contributed by atoms with E-state index >= 15 is 0 Å². The van der Waals surface area contributed by atoms with E-state index in [1.165, 1.54) is 7.11 Å². The maximum Gasteiger partial charge on any atom is 0.408 e. The molecule has 0 aliphatic heterocycles.